The quantitative estimate of drug-likeness (QED) is 0.791. The molecule has 0 aromatic heterocycles. The van der Waals surface area contributed by atoms with Gasteiger partial charge in [-0.2, -0.15) is 13.2 Å². The normalized spacial score (nSPS) is 24.4. The summed E-state index contributed by atoms with van der Waals surface area (Å²) >= 11 is 0. The number of likely N-dealkylation sites (tertiary alicyclic amines) is 1. The lowest BCUT2D eigenvalue weighted by molar-refractivity contribution is -0.136. The Labute approximate surface area is 88.6 Å². The molecule has 0 aliphatic carbocycles. The lowest BCUT2D eigenvalue weighted by Gasteiger charge is -2.32. The molecule has 1 heterocycles. The van der Waals surface area contributed by atoms with Crippen molar-refractivity contribution in [1.29, 1.82) is 0 Å². The molecule has 1 saturated heterocycles. The van der Waals surface area contributed by atoms with E-state index in [1.54, 1.807) is 0 Å². The maximum Gasteiger partial charge on any atom is 0.389 e. The van der Waals surface area contributed by atoms with E-state index in [9.17, 15) is 13.2 Å². The van der Waals surface area contributed by atoms with Crippen molar-refractivity contribution < 1.29 is 13.2 Å². The molecule has 0 saturated carbocycles. The molecule has 1 unspecified atom stereocenters. The molecule has 1 atom stereocenters. The van der Waals surface area contributed by atoms with Crippen molar-refractivity contribution >= 4 is 0 Å². The summed E-state index contributed by atoms with van der Waals surface area (Å²) in [6.07, 6.45) is -2.29. The van der Waals surface area contributed by atoms with Gasteiger partial charge in [-0.3, -0.25) is 0 Å². The van der Waals surface area contributed by atoms with E-state index in [1.165, 1.54) is 0 Å². The summed E-state index contributed by atoms with van der Waals surface area (Å²) < 4.78 is 35.7. The van der Waals surface area contributed by atoms with E-state index in [-0.39, 0.29) is 6.42 Å². The van der Waals surface area contributed by atoms with Gasteiger partial charge in [-0.05, 0) is 44.8 Å². The highest BCUT2D eigenvalue weighted by Gasteiger charge is 2.27. The molecule has 1 fully saturated rings. The molecule has 90 valence electrons. The van der Waals surface area contributed by atoms with Crippen LogP contribution in [0, 0.1) is 5.92 Å². The number of nitrogens with zero attached hydrogens (tertiary/aromatic N) is 1. The smallest absolute Gasteiger partial charge is 0.330 e. The van der Waals surface area contributed by atoms with E-state index in [0.717, 1.165) is 25.9 Å². The van der Waals surface area contributed by atoms with Crippen LogP contribution < -0.4 is 5.73 Å². The third kappa shape index (κ3) is 5.37. The van der Waals surface area contributed by atoms with Crippen molar-refractivity contribution in [1.82, 2.24) is 4.90 Å². The lowest BCUT2D eigenvalue weighted by atomic mass is 9.98. The van der Waals surface area contributed by atoms with Gasteiger partial charge >= 0.3 is 6.18 Å². The van der Waals surface area contributed by atoms with E-state index in [1.807, 2.05) is 0 Å². The summed E-state index contributed by atoms with van der Waals surface area (Å²) in [5.41, 5.74) is 5.56. The largest absolute Gasteiger partial charge is 0.389 e. The zero-order valence-corrected chi connectivity index (χ0v) is 8.89. The highest BCUT2D eigenvalue weighted by atomic mass is 19.4. The Morgan fingerprint density at radius 2 is 2.07 bits per heavy atom. The van der Waals surface area contributed by atoms with Crippen LogP contribution in [0.25, 0.3) is 0 Å². The number of hydrogen-bond acceptors (Lipinski definition) is 2. The zero-order chi connectivity index (χ0) is 11.3. The van der Waals surface area contributed by atoms with Gasteiger partial charge in [-0.15, -0.1) is 0 Å². The summed E-state index contributed by atoms with van der Waals surface area (Å²) in [6.45, 7) is 2.99. The third-order valence-electron chi connectivity index (χ3n) is 2.87. The maximum absolute atomic E-state index is 11.9. The Bertz CT molecular complexity index is 182. The van der Waals surface area contributed by atoms with E-state index in [0.29, 0.717) is 19.0 Å². The molecule has 1 aliphatic heterocycles. The topological polar surface area (TPSA) is 29.3 Å². The summed E-state index contributed by atoms with van der Waals surface area (Å²) in [5.74, 6) is 0.477. The van der Waals surface area contributed by atoms with Gasteiger partial charge in [0.05, 0.1) is 0 Å². The number of alkyl halides is 3. The summed E-state index contributed by atoms with van der Waals surface area (Å²) in [7, 11) is 0. The number of rotatable bonds is 4. The molecular formula is C10H19F3N2. The molecule has 15 heavy (non-hydrogen) atoms. The molecule has 2 nitrogen and oxygen atoms in total. The van der Waals surface area contributed by atoms with Gasteiger partial charge in [0.15, 0.2) is 0 Å². The van der Waals surface area contributed by atoms with Crippen molar-refractivity contribution in [2.45, 2.75) is 31.9 Å². The van der Waals surface area contributed by atoms with E-state index in [4.69, 9.17) is 5.73 Å². The first kappa shape index (κ1) is 12.8. The average molecular weight is 224 g/mol. The predicted octanol–water partition coefficient (Wildman–Crippen LogP) is 2.00. The minimum atomic E-state index is -4.01. The van der Waals surface area contributed by atoms with Crippen LogP contribution in [0.3, 0.4) is 0 Å². The second kappa shape index (κ2) is 5.70. The van der Waals surface area contributed by atoms with Crippen LogP contribution in [0.5, 0.6) is 0 Å². The summed E-state index contributed by atoms with van der Waals surface area (Å²) in [5, 5.41) is 0. The van der Waals surface area contributed by atoms with Crippen LogP contribution in [-0.2, 0) is 0 Å². The second-order valence-electron chi connectivity index (χ2n) is 4.26. The minimum Gasteiger partial charge on any atom is -0.330 e. The summed E-state index contributed by atoms with van der Waals surface area (Å²) in [4.78, 5) is 2.10. The zero-order valence-electron chi connectivity index (χ0n) is 8.89. The fourth-order valence-corrected chi connectivity index (χ4v) is 2.05. The van der Waals surface area contributed by atoms with Crippen LogP contribution in [-0.4, -0.2) is 37.3 Å². The van der Waals surface area contributed by atoms with Gasteiger partial charge in [0.2, 0.25) is 0 Å². The van der Waals surface area contributed by atoms with Gasteiger partial charge in [0, 0.05) is 13.0 Å². The van der Waals surface area contributed by atoms with Crippen molar-refractivity contribution in [2.24, 2.45) is 11.7 Å². The second-order valence-corrected chi connectivity index (χ2v) is 4.26. The Balaban J connectivity index is 2.15. The minimum absolute atomic E-state index is 0.209. The van der Waals surface area contributed by atoms with Crippen molar-refractivity contribution in [2.75, 3.05) is 26.2 Å². The highest BCUT2D eigenvalue weighted by molar-refractivity contribution is 4.73. The average Bonchev–Trinajstić information content (AvgIpc) is 2.16. The first-order valence-corrected chi connectivity index (χ1v) is 5.50. The van der Waals surface area contributed by atoms with E-state index < -0.39 is 12.6 Å². The van der Waals surface area contributed by atoms with Crippen LogP contribution >= 0.6 is 0 Å². The molecule has 0 aromatic rings. The number of piperidine rings is 1. The fourth-order valence-electron chi connectivity index (χ4n) is 2.05. The summed E-state index contributed by atoms with van der Waals surface area (Å²) in [6, 6.07) is 0. The van der Waals surface area contributed by atoms with Gasteiger partial charge in [0.1, 0.15) is 0 Å². The Kier molecular flexibility index (Phi) is 4.86. The maximum atomic E-state index is 11.9. The number of nitrogens with two attached hydrogens (primary N) is 1. The Morgan fingerprint density at radius 3 is 2.67 bits per heavy atom. The molecule has 1 aliphatic rings. The standard InChI is InChI=1S/C10H19F3N2/c11-10(12,13)4-2-6-15-5-1-3-9(7-14)8-15/h9H,1-8,14H2. The molecule has 2 N–H and O–H groups in total. The number of halogens is 3. The SMILES string of the molecule is NCC1CCCN(CCCC(F)(F)F)C1. The first-order chi connectivity index (χ1) is 7.01. The fraction of sp³-hybridized carbons (Fsp3) is 1.00. The number of hydrogen-bond donors (Lipinski definition) is 1. The Hall–Kier alpha value is -0.290. The molecule has 1 rings (SSSR count). The molecular weight excluding hydrogens is 205 g/mol. The van der Waals surface area contributed by atoms with Crippen LogP contribution in [0.4, 0.5) is 13.2 Å². The third-order valence-corrected chi connectivity index (χ3v) is 2.87. The van der Waals surface area contributed by atoms with Gasteiger partial charge < -0.3 is 10.6 Å². The molecule has 0 aromatic carbocycles. The van der Waals surface area contributed by atoms with Crippen molar-refractivity contribution in [3.8, 4) is 0 Å². The first-order valence-electron chi connectivity index (χ1n) is 5.50. The lowest BCUT2D eigenvalue weighted by Crippen LogP contribution is -2.39. The van der Waals surface area contributed by atoms with Crippen LogP contribution in [0.2, 0.25) is 0 Å². The molecule has 0 amide bonds. The van der Waals surface area contributed by atoms with Crippen LogP contribution in [0.1, 0.15) is 25.7 Å². The van der Waals surface area contributed by atoms with Crippen molar-refractivity contribution in [3.63, 3.8) is 0 Å². The van der Waals surface area contributed by atoms with Crippen molar-refractivity contribution in [3.05, 3.63) is 0 Å². The van der Waals surface area contributed by atoms with Gasteiger partial charge in [-0.1, -0.05) is 0 Å². The van der Waals surface area contributed by atoms with Crippen LogP contribution in [0.15, 0.2) is 0 Å². The molecule has 0 spiro atoms. The Morgan fingerprint density at radius 1 is 1.33 bits per heavy atom. The highest BCUT2D eigenvalue weighted by Crippen LogP contribution is 2.22. The molecule has 0 radical (unpaired) electrons. The monoisotopic (exact) mass is 224 g/mol. The van der Waals surface area contributed by atoms with E-state index >= 15 is 0 Å². The van der Waals surface area contributed by atoms with Gasteiger partial charge in [0.25, 0.3) is 0 Å². The molecule has 0 bridgehead atoms. The van der Waals surface area contributed by atoms with E-state index in [2.05, 4.69) is 4.90 Å². The molecule has 5 heteroatoms. The van der Waals surface area contributed by atoms with Gasteiger partial charge in [-0.25, -0.2) is 0 Å². The predicted molar refractivity (Wildman–Crippen MR) is 53.5 cm³/mol.